The Hall–Kier alpha value is -1.25. The Kier molecular flexibility index (Phi) is 5.59. The van der Waals surface area contributed by atoms with Crippen LogP contribution in [0.4, 0.5) is 5.82 Å². The van der Waals surface area contributed by atoms with Crippen LogP contribution >= 0.6 is 0 Å². The first-order valence-corrected chi connectivity index (χ1v) is 9.39. The van der Waals surface area contributed by atoms with Gasteiger partial charge in [0.15, 0.2) is 0 Å². The summed E-state index contributed by atoms with van der Waals surface area (Å²) >= 11 is 0. The maximum Gasteiger partial charge on any atom is 0.281 e. The summed E-state index contributed by atoms with van der Waals surface area (Å²) < 4.78 is 27.6. The Morgan fingerprint density at radius 2 is 2.04 bits per heavy atom. The Balaban J connectivity index is 2.20. The van der Waals surface area contributed by atoms with E-state index in [1.165, 1.54) is 4.31 Å². The van der Waals surface area contributed by atoms with Crippen LogP contribution in [0.2, 0.25) is 0 Å². The molecule has 1 fully saturated rings. The van der Waals surface area contributed by atoms with Gasteiger partial charge < -0.3 is 5.32 Å². The molecule has 7 nitrogen and oxygen atoms in total. The van der Waals surface area contributed by atoms with Crippen LogP contribution in [-0.4, -0.2) is 60.2 Å². The van der Waals surface area contributed by atoms with Crippen molar-refractivity contribution in [2.24, 2.45) is 5.92 Å². The topological polar surface area (TPSA) is 78.4 Å². The zero-order chi connectivity index (χ0) is 17.2. The fourth-order valence-corrected chi connectivity index (χ4v) is 4.12. The predicted molar refractivity (Wildman–Crippen MR) is 91.5 cm³/mol. The van der Waals surface area contributed by atoms with Crippen LogP contribution in [0.3, 0.4) is 0 Å². The van der Waals surface area contributed by atoms with Gasteiger partial charge in [-0.25, -0.2) is 9.97 Å². The maximum absolute atomic E-state index is 12.4. The second-order valence-corrected chi connectivity index (χ2v) is 8.50. The summed E-state index contributed by atoms with van der Waals surface area (Å²) in [5, 5.41) is 3.45. The van der Waals surface area contributed by atoms with Crippen molar-refractivity contribution in [1.29, 1.82) is 0 Å². The predicted octanol–water partition coefficient (Wildman–Crippen LogP) is 1.41. The molecule has 1 aliphatic heterocycles. The summed E-state index contributed by atoms with van der Waals surface area (Å²) in [6, 6.07) is 0.0673. The van der Waals surface area contributed by atoms with Gasteiger partial charge in [-0.15, -0.1) is 0 Å². The highest BCUT2D eigenvalue weighted by Gasteiger charge is 2.39. The van der Waals surface area contributed by atoms with Gasteiger partial charge in [0.25, 0.3) is 10.2 Å². The average Bonchev–Trinajstić information content (AvgIpc) is 2.87. The molecular weight excluding hydrogens is 314 g/mol. The number of aryl methyl sites for hydroxylation is 2. The largest absolute Gasteiger partial charge is 0.365 e. The van der Waals surface area contributed by atoms with Gasteiger partial charge in [0, 0.05) is 45.0 Å². The van der Waals surface area contributed by atoms with E-state index in [2.05, 4.69) is 22.2 Å². The van der Waals surface area contributed by atoms with Gasteiger partial charge in [0.1, 0.15) is 11.6 Å². The third-order valence-electron chi connectivity index (χ3n) is 4.27. The minimum atomic E-state index is -3.38. The zero-order valence-corrected chi connectivity index (χ0v) is 15.4. The molecule has 0 amide bonds. The lowest BCUT2D eigenvalue weighted by atomic mass is 9.98. The molecule has 0 unspecified atom stereocenters. The Morgan fingerprint density at radius 3 is 2.65 bits per heavy atom. The SMILES string of the molecule is CCC[C@H]1CN(S(=O)(=O)N(C)C)C[C@@H]1Nc1nc(C)ncc1C. The normalized spacial score (nSPS) is 22.7. The Bertz CT molecular complexity index is 647. The van der Waals surface area contributed by atoms with Gasteiger partial charge in [-0.05, 0) is 26.2 Å². The van der Waals surface area contributed by atoms with E-state index in [1.807, 2.05) is 13.8 Å². The summed E-state index contributed by atoms with van der Waals surface area (Å²) in [4.78, 5) is 8.64. The fraction of sp³-hybridized carbons (Fsp3) is 0.733. The van der Waals surface area contributed by atoms with E-state index in [0.717, 1.165) is 24.2 Å². The molecule has 1 aromatic heterocycles. The molecule has 0 spiro atoms. The molecule has 1 aromatic rings. The molecule has 0 saturated carbocycles. The molecule has 2 heterocycles. The van der Waals surface area contributed by atoms with Crippen LogP contribution in [0.25, 0.3) is 0 Å². The molecule has 0 bridgehead atoms. The summed E-state index contributed by atoms with van der Waals surface area (Å²) in [5.41, 5.74) is 0.972. The van der Waals surface area contributed by atoms with E-state index >= 15 is 0 Å². The lowest BCUT2D eigenvalue weighted by Crippen LogP contribution is -2.39. The molecular formula is C15H27N5O2S. The van der Waals surface area contributed by atoms with Crippen LogP contribution in [0.1, 0.15) is 31.2 Å². The van der Waals surface area contributed by atoms with Gasteiger partial charge in [0.2, 0.25) is 0 Å². The van der Waals surface area contributed by atoms with Crippen molar-refractivity contribution in [1.82, 2.24) is 18.6 Å². The van der Waals surface area contributed by atoms with Crippen molar-refractivity contribution in [2.45, 2.75) is 39.7 Å². The van der Waals surface area contributed by atoms with E-state index in [4.69, 9.17) is 0 Å². The monoisotopic (exact) mass is 341 g/mol. The minimum Gasteiger partial charge on any atom is -0.365 e. The van der Waals surface area contributed by atoms with Crippen LogP contribution < -0.4 is 5.32 Å². The van der Waals surface area contributed by atoms with Crippen molar-refractivity contribution in [3.8, 4) is 0 Å². The van der Waals surface area contributed by atoms with Crippen LogP contribution in [0, 0.1) is 19.8 Å². The first kappa shape index (κ1) is 18.1. The van der Waals surface area contributed by atoms with Crippen LogP contribution in [0.15, 0.2) is 6.20 Å². The highest BCUT2D eigenvalue weighted by atomic mass is 32.2. The molecule has 2 rings (SSSR count). The number of anilines is 1. The fourth-order valence-electron chi connectivity index (χ4n) is 2.93. The van der Waals surface area contributed by atoms with E-state index in [9.17, 15) is 8.42 Å². The molecule has 1 saturated heterocycles. The first-order chi connectivity index (χ1) is 10.8. The Morgan fingerprint density at radius 1 is 1.35 bits per heavy atom. The van der Waals surface area contributed by atoms with Gasteiger partial charge in [-0.3, -0.25) is 0 Å². The van der Waals surface area contributed by atoms with Gasteiger partial charge in [0.05, 0.1) is 0 Å². The van der Waals surface area contributed by atoms with Crippen LogP contribution in [0.5, 0.6) is 0 Å². The number of hydrogen-bond donors (Lipinski definition) is 1. The van der Waals surface area contributed by atoms with E-state index in [1.54, 1.807) is 24.6 Å². The molecule has 1 aliphatic rings. The quantitative estimate of drug-likeness (QED) is 0.846. The zero-order valence-electron chi connectivity index (χ0n) is 14.6. The van der Waals surface area contributed by atoms with Crippen molar-refractivity contribution in [3.05, 3.63) is 17.6 Å². The second-order valence-electron chi connectivity index (χ2n) is 6.36. The number of nitrogens with zero attached hydrogens (tertiary/aromatic N) is 4. The number of aromatic nitrogens is 2. The lowest BCUT2D eigenvalue weighted by molar-refractivity contribution is 0.404. The molecule has 0 aliphatic carbocycles. The number of rotatable bonds is 6. The standard InChI is InChI=1S/C15H27N5O2S/c1-6-7-13-9-20(23(21,22)19(4)5)10-14(13)18-15-11(2)8-16-12(3)17-15/h8,13-14H,6-7,9-10H2,1-5H3,(H,16,17,18)/t13-,14-/m0/s1. The van der Waals surface area contributed by atoms with Crippen LogP contribution in [-0.2, 0) is 10.2 Å². The van der Waals surface area contributed by atoms with E-state index in [0.29, 0.717) is 18.9 Å². The molecule has 2 atom stereocenters. The molecule has 23 heavy (non-hydrogen) atoms. The molecule has 8 heteroatoms. The highest BCUT2D eigenvalue weighted by Crippen LogP contribution is 2.27. The summed E-state index contributed by atoms with van der Waals surface area (Å²) in [7, 11) is -0.233. The average molecular weight is 341 g/mol. The second kappa shape index (κ2) is 7.11. The summed E-state index contributed by atoms with van der Waals surface area (Å²) in [5.74, 6) is 1.79. The smallest absolute Gasteiger partial charge is 0.281 e. The maximum atomic E-state index is 12.4. The van der Waals surface area contributed by atoms with Crippen molar-refractivity contribution in [3.63, 3.8) is 0 Å². The van der Waals surface area contributed by atoms with Crippen molar-refractivity contribution in [2.75, 3.05) is 32.5 Å². The van der Waals surface area contributed by atoms with Gasteiger partial charge in [-0.2, -0.15) is 17.0 Å². The van der Waals surface area contributed by atoms with E-state index in [-0.39, 0.29) is 12.0 Å². The Labute approximate surface area is 139 Å². The third kappa shape index (κ3) is 3.99. The minimum absolute atomic E-state index is 0.0673. The van der Waals surface area contributed by atoms with E-state index < -0.39 is 10.2 Å². The van der Waals surface area contributed by atoms with Crippen molar-refractivity contribution < 1.29 is 8.42 Å². The molecule has 0 radical (unpaired) electrons. The van der Waals surface area contributed by atoms with Gasteiger partial charge >= 0.3 is 0 Å². The molecule has 130 valence electrons. The lowest BCUT2D eigenvalue weighted by Gasteiger charge is -2.21. The van der Waals surface area contributed by atoms with Gasteiger partial charge in [-0.1, -0.05) is 13.3 Å². The summed E-state index contributed by atoms with van der Waals surface area (Å²) in [6.45, 7) is 6.95. The third-order valence-corrected chi connectivity index (χ3v) is 6.14. The number of nitrogens with one attached hydrogen (secondary N) is 1. The molecule has 1 N–H and O–H groups in total. The number of hydrogen-bond acceptors (Lipinski definition) is 5. The van der Waals surface area contributed by atoms with Crippen molar-refractivity contribution >= 4 is 16.0 Å². The first-order valence-electron chi connectivity index (χ1n) is 8.00. The molecule has 0 aromatic carbocycles. The summed E-state index contributed by atoms with van der Waals surface area (Å²) in [6.07, 6.45) is 3.81. The highest BCUT2D eigenvalue weighted by molar-refractivity contribution is 7.86.